The van der Waals surface area contributed by atoms with Crippen molar-refractivity contribution in [3.8, 4) is 0 Å². The summed E-state index contributed by atoms with van der Waals surface area (Å²) in [5.41, 5.74) is 4.69. The van der Waals surface area contributed by atoms with Gasteiger partial charge in [0.05, 0.1) is 13.3 Å². The summed E-state index contributed by atoms with van der Waals surface area (Å²) in [6, 6.07) is 5.82. The molecule has 2 aromatic rings. The zero-order valence-corrected chi connectivity index (χ0v) is 7.28. The molecule has 1 aromatic heterocycles. The normalized spacial score (nSPS) is 10.8. The Kier molecular flexibility index (Phi) is 2.25. The first-order valence-electron chi connectivity index (χ1n) is 4.00. The van der Waals surface area contributed by atoms with Crippen molar-refractivity contribution in [3.05, 3.63) is 30.0 Å². The predicted octanol–water partition coefficient (Wildman–Crippen LogP) is 1.48. The summed E-state index contributed by atoms with van der Waals surface area (Å²) >= 11 is 0. The van der Waals surface area contributed by atoms with Crippen LogP contribution in [-0.4, -0.2) is 12.3 Å². The van der Waals surface area contributed by atoms with Gasteiger partial charge in [-0.2, -0.15) is 5.48 Å². The van der Waals surface area contributed by atoms with Crippen molar-refractivity contribution in [1.82, 2.24) is 10.6 Å². The Morgan fingerprint density at radius 1 is 1.54 bits per heavy atom. The molecule has 0 aliphatic carbocycles. The van der Waals surface area contributed by atoms with Gasteiger partial charge in [-0.3, -0.25) is 0 Å². The van der Waals surface area contributed by atoms with Crippen LogP contribution in [0.25, 0.3) is 11.0 Å². The average molecular weight is 178 g/mol. The molecular formula is C9H10N2O2. The standard InChI is InChI=1S/C9H10N2O2/c1-12-10-5-7-3-2-4-9-8(7)6-11-13-9/h2-4,6,10H,5H2,1H3. The van der Waals surface area contributed by atoms with Gasteiger partial charge in [-0.05, 0) is 11.6 Å². The van der Waals surface area contributed by atoms with Gasteiger partial charge in [-0.25, -0.2) is 0 Å². The van der Waals surface area contributed by atoms with E-state index in [-0.39, 0.29) is 0 Å². The molecule has 0 radical (unpaired) electrons. The second kappa shape index (κ2) is 3.55. The van der Waals surface area contributed by atoms with Gasteiger partial charge < -0.3 is 9.36 Å². The van der Waals surface area contributed by atoms with Gasteiger partial charge in [0, 0.05) is 11.9 Å². The quantitative estimate of drug-likeness (QED) is 0.723. The zero-order valence-electron chi connectivity index (χ0n) is 7.28. The number of hydrogen-bond acceptors (Lipinski definition) is 4. The maximum atomic E-state index is 5.02. The monoisotopic (exact) mass is 178 g/mol. The third-order valence-corrected chi connectivity index (χ3v) is 1.90. The second-order valence-electron chi connectivity index (χ2n) is 2.68. The highest BCUT2D eigenvalue weighted by atomic mass is 16.6. The number of nitrogens with zero attached hydrogens (tertiary/aromatic N) is 1. The zero-order chi connectivity index (χ0) is 9.10. The van der Waals surface area contributed by atoms with E-state index in [0.717, 1.165) is 16.5 Å². The molecule has 1 heterocycles. The lowest BCUT2D eigenvalue weighted by Gasteiger charge is -2.01. The molecule has 0 aliphatic heterocycles. The molecule has 1 aromatic carbocycles. The highest BCUT2D eigenvalue weighted by molar-refractivity contribution is 5.79. The van der Waals surface area contributed by atoms with Gasteiger partial charge >= 0.3 is 0 Å². The number of rotatable bonds is 3. The molecule has 0 amide bonds. The third-order valence-electron chi connectivity index (χ3n) is 1.90. The molecule has 68 valence electrons. The molecule has 4 nitrogen and oxygen atoms in total. The second-order valence-corrected chi connectivity index (χ2v) is 2.68. The summed E-state index contributed by atoms with van der Waals surface area (Å²) in [5, 5.41) is 4.75. The SMILES string of the molecule is CONCc1cccc2oncc12. The van der Waals surface area contributed by atoms with Crippen molar-refractivity contribution in [2.24, 2.45) is 0 Å². The smallest absolute Gasteiger partial charge is 0.167 e. The Balaban J connectivity index is 2.37. The summed E-state index contributed by atoms with van der Waals surface area (Å²) < 4.78 is 5.02. The van der Waals surface area contributed by atoms with Gasteiger partial charge in [0.2, 0.25) is 0 Å². The summed E-state index contributed by atoms with van der Waals surface area (Å²) in [6.45, 7) is 0.648. The number of nitrogens with one attached hydrogen (secondary N) is 1. The summed E-state index contributed by atoms with van der Waals surface area (Å²) in [6.07, 6.45) is 1.71. The lowest BCUT2D eigenvalue weighted by atomic mass is 10.1. The van der Waals surface area contributed by atoms with Crippen molar-refractivity contribution < 1.29 is 9.36 Å². The Labute approximate surface area is 75.4 Å². The first-order chi connectivity index (χ1) is 6.42. The van der Waals surface area contributed by atoms with Crippen LogP contribution in [0.5, 0.6) is 0 Å². The maximum absolute atomic E-state index is 5.02. The number of hydrogen-bond donors (Lipinski definition) is 1. The Morgan fingerprint density at radius 3 is 3.31 bits per heavy atom. The van der Waals surface area contributed by atoms with Crippen molar-refractivity contribution in [2.75, 3.05) is 7.11 Å². The molecule has 0 aliphatic rings. The topological polar surface area (TPSA) is 47.3 Å². The molecule has 0 spiro atoms. The minimum absolute atomic E-state index is 0.648. The molecule has 13 heavy (non-hydrogen) atoms. The molecule has 0 bridgehead atoms. The molecular weight excluding hydrogens is 168 g/mol. The molecule has 2 rings (SSSR count). The Bertz CT molecular complexity index is 397. The van der Waals surface area contributed by atoms with Crippen molar-refractivity contribution in [3.63, 3.8) is 0 Å². The van der Waals surface area contributed by atoms with Crippen molar-refractivity contribution in [2.45, 2.75) is 6.54 Å². The van der Waals surface area contributed by atoms with E-state index in [2.05, 4.69) is 10.6 Å². The molecule has 0 saturated heterocycles. The predicted molar refractivity (Wildman–Crippen MR) is 47.9 cm³/mol. The van der Waals surface area contributed by atoms with Gasteiger partial charge in [0.15, 0.2) is 5.58 Å². The summed E-state index contributed by atoms with van der Waals surface area (Å²) in [7, 11) is 1.59. The number of aromatic nitrogens is 1. The fourth-order valence-electron chi connectivity index (χ4n) is 1.26. The van der Waals surface area contributed by atoms with Crippen molar-refractivity contribution >= 4 is 11.0 Å². The van der Waals surface area contributed by atoms with E-state index in [1.54, 1.807) is 13.3 Å². The lowest BCUT2D eigenvalue weighted by molar-refractivity contribution is 0.0870. The van der Waals surface area contributed by atoms with Gasteiger partial charge in [-0.15, -0.1) is 0 Å². The van der Waals surface area contributed by atoms with Crippen molar-refractivity contribution in [1.29, 1.82) is 0 Å². The van der Waals surface area contributed by atoms with Crippen LogP contribution in [0.1, 0.15) is 5.56 Å². The van der Waals surface area contributed by atoms with Crippen LogP contribution in [0.4, 0.5) is 0 Å². The van der Waals surface area contributed by atoms with E-state index < -0.39 is 0 Å². The molecule has 0 unspecified atom stereocenters. The first-order valence-corrected chi connectivity index (χ1v) is 4.00. The highest BCUT2D eigenvalue weighted by Crippen LogP contribution is 2.17. The van der Waals surface area contributed by atoms with Crippen LogP contribution in [-0.2, 0) is 11.4 Å². The van der Waals surface area contributed by atoms with Crippen LogP contribution in [0.2, 0.25) is 0 Å². The molecule has 1 N–H and O–H groups in total. The largest absolute Gasteiger partial charge is 0.356 e. The fourth-order valence-corrected chi connectivity index (χ4v) is 1.26. The van der Waals surface area contributed by atoms with Gasteiger partial charge in [-0.1, -0.05) is 17.3 Å². The van der Waals surface area contributed by atoms with Crippen LogP contribution in [0.15, 0.2) is 28.9 Å². The molecule has 4 heteroatoms. The summed E-state index contributed by atoms with van der Waals surface area (Å²) in [5.74, 6) is 0. The summed E-state index contributed by atoms with van der Waals surface area (Å²) in [4.78, 5) is 4.77. The van der Waals surface area contributed by atoms with Gasteiger partial charge in [0.1, 0.15) is 0 Å². The molecule has 0 fully saturated rings. The Hall–Kier alpha value is -1.39. The van der Waals surface area contributed by atoms with E-state index in [0.29, 0.717) is 6.54 Å². The first kappa shape index (κ1) is 8.22. The Morgan fingerprint density at radius 2 is 2.46 bits per heavy atom. The average Bonchev–Trinajstić information content (AvgIpc) is 2.62. The van der Waals surface area contributed by atoms with Crippen LogP contribution < -0.4 is 5.48 Å². The highest BCUT2D eigenvalue weighted by Gasteiger charge is 2.02. The van der Waals surface area contributed by atoms with Crippen LogP contribution in [0, 0.1) is 0 Å². The van der Waals surface area contributed by atoms with E-state index in [9.17, 15) is 0 Å². The number of hydroxylamine groups is 1. The minimum Gasteiger partial charge on any atom is -0.356 e. The van der Waals surface area contributed by atoms with Crippen LogP contribution >= 0.6 is 0 Å². The molecule has 0 atom stereocenters. The number of fused-ring (bicyclic) bond motifs is 1. The number of benzene rings is 1. The minimum atomic E-state index is 0.648. The maximum Gasteiger partial charge on any atom is 0.167 e. The van der Waals surface area contributed by atoms with Crippen LogP contribution in [0.3, 0.4) is 0 Å². The van der Waals surface area contributed by atoms with E-state index >= 15 is 0 Å². The molecule has 0 saturated carbocycles. The third kappa shape index (κ3) is 1.54. The lowest BCUT2D eigenvalue weighted by Crippen LogP contribution is -2.10. The fraction of sp³-hybridized carbons (Fsp3) is 0.222. The van der Waals surface area contributed by atoms with E-state index in [1.807, 2.05) is 18.2 Å². The van der Waals surface area contributed by atoms with Gasteiger partial charge in [0.25, 0.3) is 0 Å². The van der Waals surface area contributed by atoms with E-state index in [1.165, 1.54) is 0 Å². The van der Waals surface area contributed by atoms with E-state index in [4.69, 9.17) is 9.36 Å².